The highest BCUT2D eigenvalue weighted by molar-refractivity contribution is 6.13. The van der Waals surface area contributed by atoms with Gasteiger partial charge in [0, 0.05) is 18.8 Å². The monoisotopic (exact) mass is 330 g/mol. The lowest BCUT2D eigenvalue weighted by Crippen LogP contribution is -2.45. The zero-order valence-electron chi connectivity index (χ0n) is 13.8. The Morgan fingerprint density at radius 2 is 1.67 bits per heavy atom. The molecule has 1 N–H and O–H groups in total. The van der Waals surface area contributed by atoms with Gasteiger partial charge in [-0.25, -0.2) is 4.79 Å². The summed E-state index contributed by atoms with van der Waals surface area (Å²) in [5, 5.41) is 2.81. The van der Waals surface area contributed by atoms with Crippen LogP contribution in [-0.2, 0) is 14.3 Å². The summed E-state index contributed by atoms with van der Waals surface area (Å²) in [7, 11) is 1.32. The quantitative estimate of drug-likeness (QED) is 0.678. The number of nitrogens with zero attached hydrogens (tertiary/aromatic N) is 1. The van der Waals surface area contributed by atoms with Crippen molar-refractivity contribution in [2.75, 3.05) is 25.5 Å². The molecule has 6 heteroatoms. The third-order valence-electron chi connectivity index (χ3n) is 4.80. The number of carbonyl (C=O) groups excluding carboxylic acids is 3. The fourth-order valence-electron chi connectivity index (χ4n) is 3.12. The van der Waals surface area contributed by atoms with Gasteiger partial charge in [-0.05, 0) is 56.4 Å². The van der Waals surface area contributed by atoms with Crippen molar-refractivity contribution in [3.8, 4) is 0 Å². The molecule has 1 aromatic carbocycles. The van der Waals surface area contributed by atoms with Gasteiger partial charge < -0.3 is 15.0 Å². The number of amides is 2. The number of carbonyl (C=O) groups is 3. The molecule has 2 aliphatic rings. The van der Waals surface area contributed by atoms with Crippen molar-refractivity contribution < 1.29 is 19.1 Å². The lowest BCUT2D eigenvalue weighted by molar-refractivity contribution is -0.143. The highest BCUT2D eigenvalue weighted by atomic mass is 16.5. The first kappa shape index (κ1) is 16.5. The van der Waals surface area contributed by atoms with Crippen LogP contribution in [0.5, 0.6) is 0 Å². The van der Waals surface area contributed by atoms with Gasteiger partial charge in [-0.1, -0.05) is 0 Å². The molecule has 0 radical (unpaired) electrons. The van der Waals surface area contributed by atoms with Crippen LogP contribution in [0.1, 0.15) is 42.5 Å². The van der Waals surface area contributed by atoms with E-state index < -0.39 is 11.4 Å². The average molecular weight is 330 g/mol. The number of piperidine rings is 1. The van der Waals surface area contributed by atoms with Crippen LogP contribution in [0, 0.1) is 5.41 Å². The van der Waals surface area contributed by atoms with Gasteiger partial charge in [0.2, 0.25) is 11.8 Å². The van der Waals surface area contributed by atoms with E-state index >= 15 is 0 Å². The number of likely N-dealkylation sites (tertiary alicyclic amines) is 1. The lowest BCUT2D eigenvalue weighted by atomic mass is 10.0. The van der Waals surface area contributed by atoms with Crippen molar-refractivity contribution >= 4 is 23.5 Å². The molecule has 1 saturated carbocycles. The van der Waals surface area contributed by atoms with Crippen molar-refractivity contribution in [2.45, 2.75) is 32.1 Å². The first-order chi connectivity index (χ1) is 11.6. The molecule has 1 saturated heterocycles. The van der Waals surface area contributed by atoms with E-state index in [0.717, 1.165) is 32.4 Å². The van der Waals surface area contributed by atoms with Gasteiger partial charge in [-0.15, -0.1) is 0 Å². The van der Waals surface area contributed by atoms with E-state index in [9.17, 15) is 14.4 Å². The molecule has 128 valence electrons. The number of anilines is 1. The van der Waals surface area contributed by atoms with Gasteiger partial charge in [0.25, 0.3) is 0 Å². The molecule has 2 amide bonds. The second-order valence-corrected chi connectivity index (χ2v) is 6.46. The number of methoxy groups -OCH3 is 1. The maximum atomic E-state index is 12.7. The Morgan fingerprint density at radius 1 is 1.04 bits per heavy atom. The van der Waals surface area contributed by atoms with Crippen LogP contribution < -0.4 is 5.32 Å². The van der Waals surface area contributed by atoms with E-state index in [2.05, 4.69) is 10.1 Å². The van der Waals surface area contributed by atoms with Crippen molar-refractivity contribution in [1.29, 1.82) is 0 Å². The lowest BCUT2D eigenvalue weighted by Gasteiger charge is -2.30. The number of hydrogen-bond acceptors (Lipinski definition) is 4. The molecule has 0 aromatic heterocycles. The Balaban J connectivity index is 1.65. The van der Waals surface area contributed by atoms with Gasteiger partial charge in [0.1, 0.15) is 5.41 Å². The van der Waals surface area contributed by atoms with Crippen LogP contribution in [0.4, 0.5) is 5.69 Å². The number of rotatable bonds is 4. The SMILES string of the molecule is COC(=O)c1ccc(NC(=O)C2(C(=O)N3CCCCC3)CC2)cc1. The largest absolute Gasteiger partial charge is 0.465 e. The molecule has 1 aromatic rings. The predicted octanol–water partition coefficient (Wildman–Crippen LogP) is 2.20. The molecule has 1 aliphatic heterocycles. The van der Waals surface area contributed by atoms with E-state index in [4.69, 9.17) is 0 Å². The molecule has 6 nitrogen and oxygen atoms in total. The summed E-state index contributed by atoms with van der Waals surface area (Å²) in [6.45, 7) is 1.50. The number of hydrogen-bond donors (Lipinski definition) is 1. The molecule has 24 heavy (non-hydrogen) atoms. The Bertz CT molecular complexity index is 643. The molecule has 1 aliphatic carbocycles. The highest BCUT2D eigenvalue weighted by Crippen LogP contribution is 2.48. The van der Waals surface area contributed by atoms with Gasteiger partial charge in [-0.2, -0.15) is 0 Å². The summed E-state index contributed by atoms with van der Waals surface area (Å²) in [4.78, 5) is 38.6. The fourth-order valence-corrected chi connectivity index (χ4v) is 3.12. The molecule has 0 spiro atoms. The van der Waals surface area contributed by atoms with Gasteiger partial charge in [0.15, 0.2) is 0 Å². The minimum atomic E-state index is -0.891. The Hall–Kier alpha value is -2.37. The summed E-state index contributed by atoms with van der Waals surface area (Å²) in [6, 6.07) is 6.47. The Kier molecular flexibility index (Phi) is 4.55. The van der Waals surface area contributed by atoms with Crippen LogP contribution in [0.15, 0.2) is 24.3 Å². The zero-order chi connectivity index (χ0) is 17.2. The highest BCUT2D eigenvalue weighted by Gasteiger charge is 2.58. The van der Waals surface area contributed by atoms with Gasteiger partial charge in [0.05, 0.1) is 12.7 Å². The standard InChI is InChI=1S/C18H22N2O4/c1-24-15(21)13-5-7-14(8-6-13)19-16(22)18(9-10-18)17(23)20-11-3-2-4-12-20/h5-8H,2-4,9-12H2,1H3,(H,19,22). The first-order valence-corrected chi connectivity index (χ1v) is 8.36. The van der Waals surface area contributed by atoms with E-state index in [-0.39, 0.29) is 11.8 Å². The molecule has 0 bridgehead atoms. The predicted molar refractivity (Wildman–Crippen MR) is 88.5 cm³/mol. The summed E-state index contributed by atoms with van der Waals surface area (Å²) < 4.78 is 4.64. The van der Waals surface area contributed by atoms with Gasteiger partial charge in [-0.3, -0.25) is 9.59 Å². The van der Waals surface area contributed by atoms with Crippen molar-refractivity contribution in [3.05, 3.63) is 29.8 Å². The molecule has 2 fully saturated rings. The maximum Gasteiger partial charge on any atom is 0.337 e. The van der Waals surface area contributed by atoms with Crippen LogP contribution in [0.2, 0.25) is 0 Å². The summed E-state index contributed by atoms with van der Waals surface area (Å²) in [5.74, 6) is -0.707. The van der Waals surface area contributed by atoms with Crippen molar-refractivity contribution in [2.24, 2.45) is 5.41 Å². The second kappa shape index (κ2) is 6.63. The van der Waals surface area contributed by atoms with E-state index in [1.165, 1.54) is 7.11 Å². The van der Waals surface area contributed by atoms with E-state index in [0.29, 0.717) is 24.1 Å². The second-order valence-electron chi connectivity index (χ2n) is 6.46. The van der Waals surface area contributed by atoms with E-state index in [1.807, 2.05) is 4.90 Å². The fraction of sp³-hybridized carbons (Fsp3) is 0.500. The summed E-state index contributed by atoms with van der Waals surface area (Å²) >= 11 is 0. The maximum absolute atomic E-state index is 12.7. The van der Waals surface area contributed by atoms with Crippen LogP contribution in [0.25, 0.3) is 0 Å². The molecule has 3 rings (SSSR count). The Morgan fingerprint density at radius 3 is 2.21 bits per heavy atom. The molecule has 0 unspecified atom stereocenters. The molecular weight excluding hydrogens is 308 g/mol. The van der Waals surface area contributed by atoms with Crippen LogP contribution >= 0.6 is 0 Å². The number of esters is 1. The summed E-state index contributed by atoms with van der Waals surface area (Å²) in [6.07, 6.45) is 4.38. The first-order valence-electron chi connectivity index (χ1n) is 8.36. The normalized spacial score (nSPS) is 18.6. The minimum Gasteiger partial charge on any atom is -0.465 e. The van der Waals surface area contributed by atoms with Crippen molar-refractivity contribution in [3.63, 3.8) is 0 Å². The third kappa shape index (κ3) is 3.13. The molecular formula is C18H22N2O4. The van der Waals surface area contributed by atoms with E-state index in [1.54, 1.807) is 24.3 Å². The Labute approximate surface area is 141 Å². The zero-order valence-corrected chi connectivity index (χ0v) is 13.8. The summed E-state index contributed by atoms with van der Waals surface area (Å²) in [5.41, 5.74) is 0.102. The van der Waals surface area contributed by atoms with Crippen molar-refractivity contribution in [1.82, 2.24) is 4.90 Å². The third-order valence-corrected chi connectivity index (χ3v) is 4.80. The topological polar surface area (TPSA) is 75.7 Å². The van der Waals surface area contributed by atoms with Gasteiger partial charge >= 0.3 is 5.97 Å². The number of ether oxygens (including phenoxy) is 1. The number of benzene rings is 1. The molecule has 1 heterocycles. The number of nitrogens with one attached hydrogen (secondary N) is 1. The average Bonchev–Trinajstić information content (AvgIpc) is 3.44. The van der Waals surface area contributed by atoms with Crippen LogP contribution in [-0.4, -0.2) is 42.9 Å². The molecule has 0 atom stereocenters. The minimum absolute atomic E-state index is 0.0362. The van der Waals surface area contributed by atoms with Crippen LogP contribution in [0.3, 0.4) is 0 Å². The smallest absolute Gasteiger partial charge is 0.337 e.